The largest absolute Gasteiger partial charge is 0.496 e. The first-order valence-corrected chi connectivity index (χ1v) is 4.98. The van der Waals surface area contributed by atoms with Crippen LogP contribution in [-0.2, 0) is 13.0 Å². The standard InChI is InChI=1S/C12H19NO/c1-5-10-6-7-12(14-4)11(8-10)9-13(2)3/h6-8H,5,9H2,1-4H3. The Hall–Kier alpha value is -1.02. The Bertz CT molecular complexity index is 294. The lowest BCUT2D eigenvalue weighted by atomic mass is 10.1. The van der Waals surface area contributed by atoms with Gasteiger partial charge < -0.3 is 9.64 Å². The molecule has 0 spiro atoms. The zero-order chi connectivity index (χ0) is 10.6. The molecule has 1 rings (SSSR count). The minimum atomic E-state index is 0.928. The molecule has 78 valence electrons. The molecule has 0 aliphatic rings. The second kappa shape index (κ2) is 5.01. The summed E-state index contributed by atoms with van der Waals surface area (Å²) in [6, 6.07) is 6.40. The molecule has 0 aliphatic carbocycles. The van der Waals surface area contributed by atoms with E-state index in [1.165, 1.54) is 11.1 Å². The van der Waals surface area contributed by atoms with Gasteiger partial charge in [0.15, 0.2) is 0 Å². The lowest BCUT2D eigenvalue weighted by Gasteiger charge is -2.14. The Balaban J connectivity index is 2.96. The van der Waals surface area contributed by atoms with Gasteiger partial charge in [-0.25, -0.2) is 0 Å². The normalized spacial score (nSPS) is 10.6. The number of rotatable bonds is 4. The lowest BCUT2D eigenvalue weighted by molar-refractivity contribution is 0.371. The molecule has 2 heteroatoms. The van der Waals surface area contributed by atoms with Crippen molar-refractivity contribution in [3.63, 3.8) is 0 Å². The highest BCUT2D eigenvalue weighted by Crippen LogP contribution is 2.21. The summed E-state index contributed by atoms with van der Waals surface area (Å²) in [7, 11) is 5.86. The fourth-order valence-corrected chi connectivity index (χ4v) is 1.52. The molecule has 1 aromatic rings. The Kier molecular flexibility index (Phi) is 3.96. The van der Waals surface area contributed by atoms with Gasteiger partial charge in [-0.1, -0.05) is 19.1 Å². The van der Waals surface area contributed by atoms with Crippen molar-refractivity contribution in [2.45, 2.75) is 19.9 Å². The maximum absolute atomic E-state index is 5.32. The monoisotopic (exact) mass is 193 g/mol. The summed E-state index contributed by atoms with van der Waals surface area (Å²) in [4.78, 5) is 2.15. The summed E-state index contributed by atoms with van der Waals surface area (Å²) in [5.41, 5.74) is 2.62. The fourth-order valence-electron chi connectivity index (χ4n) is 1.52. The third-order valence-electron chi connectivity index (χ3n) is 2.24. The minimum Gasteiger partial charge on any atom is -0.496 e. The van der Waals surface area contributed by atoms with Crippen molar-refractivity contribution in [1.29, 1.82) is 0 Å². The van der Waals surface area contributed by atoms with Gasteiger partial charge in [-0.05, 0) is 32.1 Å². The van der Waals surface area contributed by atoms with Gasteiger partial charge in [-0.3, -0.25) is 0 Å². The van der Waals surface area contributed by atoms with Crippen LogP contribution in [0, 0.1) is 0 Å². The highest BCUT2D eigenvalue weighted by molar-refractivity contribution is 5.37. The summed E-state index contributed by atoms with van der Waals surface area (Å²) in [6.07, 6.45) is 1.07. The summed E-state index contributed by atoms with van der Waals surface area (Å²) in [5, 5.41) is 0. The van der Waals surface area contributed by atoms with E-state index in [2.05, 4.69) is 44.1 Å². The molecule has 0 aliphatic heterocycles. The highest BCUT2D eigenvalue weighted by atomic mass is 16.5. The van der Waals surface area contributed by atoms with Crippen LogP contribution < -0.4 is 4.74 Å². The van der Waals surface area contributed by atoms with Gasteiger partial charge >= 0.3 is 0 Å². The zero-order valence-corrected chi connectivity index (χ0v) is 9.50. The third kappa shape index (κ3) is 2.74. The Morgan fingerprint density at radius 1 is 1.29 bits per heavy atom. The predicted molar refractivity (Wildman–Crippen MR) is 59.8 cm³/mol. The summed E-state index contributed by atoms with van der Waals surface area (Å²) < 4.78 is 5.32. The van der Waals surface area contributed by atoms with Crippen LogP contribution in [0.1, 0.15) is 18.1 Å². The fraction of sp³-hybridized carbons (Fsp3) is 0.500. The first-order valence-electron chi connectivity index (χ1n) is 4.98. The number of benzene rings is 1. The number of aryl methyl sites for hydroxylation is 1. The number of hydrogen-bond donors (Lipinski definition) is 0. The molecule has 14 heavy (non-hydrogen) atoms. The molecular weight excluding hydrogens is 174 g/mol. The third-order valence-corrected chi connectivity index (χ3v) is 2.24. The number of ether oxygens (including phenoxy) is 1. The maximum Gasteiger partial charge on any atom is 0.123 e. The summed E-state index contributed by atoms with van der Waals surface area (Å²) in [6.45, 7) is 3.10. The number of methoxy groups -OCH3 is 1. The molecule has 0 radical (unpaired) electrons. The molecule has 0 heterocycles. The van der Waals surface area contributed by atoms with E-state index in [0.29, 0.717) is 0 Å². The van der Waals surface area contributed by atoms with Gasteiger partial charge in [0.05, 0.1) is 7.11 Å². The molecule has 0 atom stereocenters. The Morgan fingerprint density at radius 3 is 2.50 bits per heavy atom. The highest BCUT2D eigenvalue weighted by Gasteiger charge is 2.04. The summed E-state index contributed by atoms with van der Waals surface area (Å²) in [5.74, 6) is 0.982. The molecule has 0 saturated carbocycles. The number of hydrogen-bond acceptors (Lipinski definition) is 2. The van der Waals surface area contributed by atoms with E-state index in [9.17, 15) is 0 Å². The zero-order valence-electron chi connectivity index (χ0n) is 9.50. The Morgan fingerprint density at radius 2 is 2.00 bits per heavy atom. The maximum atomic E-state index is 5.32. The van der Waals surface area contributed by atoms with Crippen molar-refractivity contribution < 1.29 is 4.74 Å². The first-order chi connectivity index (χ1) is 6.67. The van der Waals surface area contributed by atoms with Crippen LogP contribution in [0.15, 0.2) is 18.2 Å². The molecule has 0 N–H and O–H groups in total. The second-order valence-electron chi connectivity index (χ2n) is 3.74. The van der Waals surface area contributed by atoms with Crippen molar-refractivity contribution >= 4 is 0 Å². The van der Waals surface area contributed by atoms with Gasteiger partial charge in [0.1, 0.15) is 5.75 Å². The van der Waals surface area contributed by atoms with Gasteiger partial charge in [-0.15, -0.1) is 0 Å². The second-order valence-corrected chi connectivity index (χ2v) is 3.74. The van der Waals surface area contributed by atoms with Crippen LogP contribution in [0.2, 0.25) is 0 Å². The summed E-state index contributed by atoms with van der Waals surface area (Å²) >= 11 is 0. The van der Waals surface area contributed by atoms with Crippen LogP contribution in [-0.4, -0.2) is 26.1 Å². The van der Waals surface area contributed by atoms with Gasteiger partial charge in [0.25, 0.3) is 0 Å². The molecule has 0 aromatic heterocycles. The Labute approximate surface area is 86.5 Å². The molecule has 2 nitrogen and oxygen atoms in total. The van der Waals surface area contributed by atoms with Crippen LogP contribution in [0.4, 0.5) is 0 Å². The number of nitrogens with zero attached hydrogens (tertiary/aromatic N) is 1. The van der Waals surface area contributed by atoms with E-state index in [1.54, 1.807) is 7.11 Å². The van der Waals surface area contributed by atoms with Crippen molar-refractivity contribution in [3.05, 3.63) is 29.3 Å². The van der Waals surface area contributed by atoms with Gasteiger partial charge in [0, 0.05) is 12.1 Å². The quantitative estimate of drug-likeness (QED) is 0.727. The van der Waals surface area contributed by atoms with Crippen LogP contribution >= 0.6 is 0 Å². The van der Waals surface area contributed by atoms with E-state index >= 15 is 0 Å². The van der Waals surface area contributed by atoms with Crippen LogP contribution in [0.3, 0.4) is 0 Å². The first kappa shape index (κ1) is 11.1. The van der Waals surface area contributed by atoms with E-state index in [4.69, 9.17) is 4.74 Å². The minimum absolute atomic E-state index is 0.928. The molecule has 0 fully saturated rings. The SMILES string of the molecule is CCc1ccc(OC)c(CN(C)C)c1. The van der Waals surface area contributed by atoms with Crippen molar-refractivity contribution in [1.82, 2.24) is 4.90 Å². The average Bonchev–Trinajstić information content (AvgIpc) is 2.16. The van der Waals surface area contributed by atoms with E-state index in [1.807, 2.05) is 0 Å². The van der Waals surface area contributed by atoms with E-state index in [-0.39, 0.29) is 0 Å². The topological polar surface area (TPSA) is 12.5 Å². The van der Waals surface area contributed by atoms with Crippen molar-refractivity contribution in [3.8, 4) is 5.75 Å². The van der Waals surface area contributed by atoms with E-state index < -0.39 is 0 Å². The molecule has 0 bridgehead atoms. The van der Waals surface area contributed by atoms with Crippen molar-refractivity contribution in [2.24, 2.45) is 0 Å². The average molecular weight is 193 g/mol. The predicted octanol–water partition coefficient (Wildman–Crippen LogP) is 2.32. The molecule has 1 aromatic carbocycles. The van der Waals surface area contributed by atoms with Crippen LogP contribution in [0.25, 0.3) is 0 Å². The van der Waals surface area contributed by atoms with Gasteiger partial charge in [-0.2, -0.15) is 0 Å². The molecule has 0 unspecified atom stereocenters. The molecule has 0 amide bonds. The van der Waals surface area contributed by atoms with E-state index in [0.717, 1.165) is 18.7 Å². The van der Waals surface area contributed by atoms with Crippen LogP contribution in [0.5, 0.6) is 5.75 Å². The smallest absolute Gasteiger partial charge is 0.123 e. The molecular formula is C12H19NO. The van der Waals surface area contributed by atoms with Gasteiger partial charge in [0.2, 0.25) is 0 Å². The lowest BCUT2D eigenvalue weighted by Crippen LogP contribution is -2.11. The van der Waals surface area contributed by atoms with Crippen molar-refractivity contribution in [2.75, 3.05) is 21.2 Å². The molecule has 0 saturated heterocycles.